The Balaban J connectivity index is 2.25. The monoisotopic (exact) mass is 351 g/mol. The van der Waals surface area contributed by atoms with E-state index in [0.29, 0.717) is 6.07 Å². The van der Waals surface area contributed by atoms with Gasteiger partial charge in [0.25, 0.3) is 15.8 Å². The molecule has 0 aliphatic heterocycles. The van der Waals surface area contributed by atoms with E-state index in [4.69, 9.17) is 9.29 Å². The number of hydrogen-bond donors (Lipinski definition) is 1. The van der Waals surface area contributed by atoms with Gasteiger partial charge in [-0.25, -0.2) is 4.79 Å². The summed E-state index contributed by atoms with van der Waals surface area (Å²) in [6.07, 6.45) is 0.289. The third-order valence-corrected chi connectivity index (χ3v) is 4.50. The summed E-state index contributed by atoms with van der Waals surface area (Å²) in [5, 5.41) is 19.9. The normalized spacial score (nSPS) is 11.2. The van der Waals surface area contributed by atoms with Crippen molar-refractivity contribution >= 4 is 21.8 Å². The average Bonchev–Trinajstić information content (AvgIpc) is 2.55. The van der Waals surface area contributed by atoms with Crippen LogP contribution in [0.3, 0.4) is 0 Å². The summed E-state index contributed by atoms with van der Waals surface area (Å²) >= 11 is 0. The zero-order valence-electron chi connectivity index (χ0n) is 12.3. The van der Waals surface area contributed by atoms with Gasteiger partial charge in [0.15, 0.2) is 0 Å². The lowest BCUT2D eigenvalue weighted by molar-refractivity contribution is -0.385. The van der Waals surface area contributed by atoms with Crippen molar-refractivity contribution in [3.05, 3.63) is 69.8 Å². The molecule has 0 aliphatic carbocycles. The molecule has 0 aliphatic rings. The molecule has 0 unspecified atom stereocenters. The fourth-order valence-electron chi connectivity index (χ4n) is 1.99. The van der Waals surface area contributed by atoms with Crippen LogP contribution in [0.5, 0.6) is 0 Å². The van der Waals surface area contributed by atoms with Gasteiger partial charge in [-0.3, -0.25) is 14.3 Å². The van der Waals surface area contributed by atoms with Crippen LogP contribution in [0, 0.1) is 10.1 Å². The number of nitro benzene ring substituents is 1. The van der Waals surface area contributed by atoms with Crippen LogP contribution in [0.15, 0.2) is 53.4 Å². The number of nitrogens with zero attached hydrogens (tertiary/aromatic N) is 1. The Hall–Kier alpha value is -2.78. The Bertz CT molecular complexity index is 863. The molecule has 9 heteroatoms. The summed E-state index contributed by atoms with van der Waals surface area (Å²) in [4.78, 5) is 20.4. The Kier molecular flexibility index (Phi) is 5.27. The number of aromatic carboxylic acids is 1. The average molecular weight is 351 g/mol. The largest absolute Gasteiger partial charge is 0.478 e. The maximum absolute atomic E-state index is 12.2. The molecule has 0 atom stereocenters. The van der Waals surface area contributed by atoms with E-state index in [0.717, 1.165) is 17.7 Å². The number of hydrogen-bond acceptors (Lipinski definition) is 6. The van der Waals surface area contributed by atoms with Crippen molar-refractivity contribution in [1.29, 1.82) is 0 Å². The second-order valence-electron chi connectivity index (χ2n) is 4.75. The predicted octanol–water partition coefficient (Wildman–Crippen LogP) is 2.24. The Labute approximate surface area is 137 Å². The molecular formula is C15H13NO7S. The van der Waals surface area contributed by atoms with Gasteiger partial charge in [-0.05, 0) is 18.1 Å². The quantitative estimate of drug-likeness (QED) is 0.461. The molecule has 0 heterocycles. The smallest absolute Gasteiger partial charge is 0.337 e. The minimum Gasteiger partial charge on any atom is -0.478 e. The van der Waals surface area contributed by atoms with Crippen LogP contribution in [-0.4, -0.2) is 31.0 Å². The summed E-state index contributed by atoms with van der Waals surface area (Å²) < 4.78 is 29.3. The summed E-state index contributed by atoms with van der Waals surface area (Å²) in [5.41, 5.74) is -0.282. The van der Waals surface area contributed by atoms with Crippen molar-refractivity contribution in [1.82, 2.24) is 0 Å². The van der Waals surface area contributed by atoms with Gasteiger partial charge in [-0.1, -0.05) is 30.3 Å². The lowest BCUT2D eigenvalue weighted by atomic mass is 10.2. The predicted molar refractivity (Wildman–Crippen MR) is 83.3 cm³/mol. The number of non-ortho nitro benzene ring substituents is 1. The molecule has 2 rings (SSSR count). The SMILES string of the molecule is O=C(O)c1ccc([N+](=O)[O-])cc1S(=O)(=O)OCCc1ccccc1. The highest BCUT2D eigenvalue weighted by Gasteiger charge is 2.26. The molecule has 0 spiro atoms. The number of rotatable bonds is 7. The van der Waals surface area contributed by atoms with Gasteiger partial charge in [0.1, 0.15) is 4.90 Å². The topological polar surface area (TPSA) is 124 Å². The minimum atomic E-state index is -4.45. The summed E-state index contributed by atoms with van der Waals surface area (Å²) in [6.45, 7) is -0.214. The first-order valence-corrected chi connectivity index (χ1v) is 8.17. The summed E-state index contributed by atoms with van der Waals surface area (Å²) in [7, 11) is -4.45. The molecule has 8 nitrogen and oxygen atoms in total. The van der Waals surface area contributed by atoms with Crippen molar-refractivity contribution in [2.45, 2.75) is 11.3 Å². The van der Waals surface area contributed by atoms with Crippen molar-refractivity contribution in [2.24, 2.45) is 0 Å². The van der Waals surface area contributed by atoms with Crippen LogP contribution in [-0.2, 0) is 20.7 Å². The molecular weight excluding hydrogens is 338 g/mol. The second kappa shape index (κ2) is 7.20. The molecule has 1 N–H and O–H groups in total. The van der Waals surface area contributed by atoms with Crippen LogP contribution in [0.4, 0.5) is 5.69 Å². The first kappa shape index (κ1) is 17.6. The molecule has 0 radical (unpaired) electrons. The van der Waals surface area contributed by atoms with Crippen LogP contribution < -0.4 is 0 Å². The third-order valence-electron chi connectivity index (χ3n) is 3.15. The lowest BCUT2D eigenvalue weighted by Crippen LogP contribution is -2.14. The maximum atomic E-state index is 12.2. The van der Waals surface area contributed by atoms with E-state index < -0.39 is 37.2 Å². The van der Waals surface area contributed by atoms with E-state index in [2.05, 4.69) is 0 Å². The van der Waals surface area contributed by atoms with Gasteiger partial charge < -0.3 is 5.11 Å². The van der Waals surface area contributed by atoms with Crippen molar-refractivity contribution in [3.8, 4) is 0 Å². The van der Waals surface area contributed by atoms with Gasteiger partial charge in [0.05, 0.1) is 17.1 Å². The summed E-state index contributed by atoms with van der Waals surface area (Å²) in [6, 6.07) is 11.4. The molecule has 0 aromatic heterocycles. The van der Waals surface area contributed by atoms with Gasteiger partial charge in [0.2, 0.25) is 0 Å². The molecule has 126 valence electrons. The van der Waals surface area contributed by atoms with Gasteiger partial charge in [-0.15, -0.1) is 0 Å². The molecule has 0 saturated heterocycles. The third kappa shape index (κ3) is 4.15. The van der Waals surface area contributed by atoms with Gasteiger partial charge in [0, 0.05) is 12.1 Å². The first-order valence-electron chi connectivity index (χ1n) is 6.76. The molecule has 2 aromatic rings. The van der Waals surface area contributed by atoms with E-state index in [9.17, 15) is 23.3 Å². The fraction of sp³-hybridized carbons (Fsp3) is 0.133. The zero-order valence-corrected chi connectivity index (χ0v) is 13.1. The second-order valence-corrected chi connectivity index (χ2v) is 6.34. The lowest BCUT2D eigenvalue weighted by Gasteiger charge is -2.08. The minimum absolute atomic E-state index is 0.214. The summed E-state index contributed by atoms with van der Waals surface area (Å²) in [5.74, 6) is -1.52. The Morgan fingerprint density at radius 2 is 1.83 bits per heavy atom. The molecule has 2 aromatic carbocycles. The highest BCUT2D eigenvalue weighted by molar-refractivity contribution is 7.86. The molecule has 24 heavy (non-hydrogen) atoms. The molecule has 0 amide bonds. The van der Waals surface area contributed by atoms with Crippen molar-refractivity contribution < 1.29 is 27.4 Å². The van der Waals surface area contributed by atoms with Gasteiger partial charge in [-0.2, -0.15) is 8.42 Å². The van der Waals surface area contributed by atoms with Crippen LogP contribution in [0.2, 0.25) is 0 Å². The molecule has 0 saturated carbocycles. The highest BCUT2D eigenvalue weighted by Crippen LogP contribution is 2.24. The Morgan fingerprint density at radius 1 is 1.17 bits per heavy atom. The van der Waals surface area contributed by atoms with E-state index in [1.165, 1.54) is 0 Å². The van der Waals surface area contributed by atoms with Gasteiger partial charge >= 0.3 is 5.97 Å². The number of benzene rings is 2. The van der Waals surface area contributed by atoms with Crippen molar-refractivity contribution in [3.63, 3.8) is 0 Å². The van der Waals surface area contributed by atoms with E-state index in [1.807, 2.05) is 6.07 Å². The van der Waals surface area contributed by atoms with E-state index >= 15 is 0 Å². The van der Waals surface area contributed by atoms with Crippen molar-refractivity contribution in [2.75, 3.05) is 6.61 Å². The standard InChI is InChI=1S/C15H13NO7S/c17-15(18)13-7-6-12(16(19)20)10-14(13)24(21,22)23-9-8-11-4-2-1-3-5-11/h1-7,10H,8-9H2,(H,17,18). The molecule has 0 bridgehead atoms. The number of carboxylic acid groups (broad SMARTS) is 1. The first-order chi connectivity index (χ1) is 11.3. The maximum Gasteiger partial charge on any atom is 0.337 e. The van der Waals surface area contributed by atoms with Crippen LogP contribution in [0.1, 0.15) is 15.9 Å². The van der Waals surface area contributed by atoms with Crippen LogP contribution >= 0.6 is 0 Å². The number of carboxylic acids is 1. The zero-order chi connectivity index (χ0) is 17.7. The number of carbonyl (C=O) groups is 1. The molecule has 0 fully saturated rings. The Morgan fingerprint density at radius 3 is 2.42 bits per heavy atom. The highest BCUT2D eigenvalue weighted by atomic mass is 32.2. The van der Waals surface area contributed by atoms with E-state index in [1.54, 1.807) is 24.3 Å². The fourth-order valence-corrected chi connectivity index (χ4v) is 3.10. The van der Waals surface area contributed by atoms with Crippen LogP contribution in [0.25, 0.3) is 0 Å². The van der Waals surface area contributed by atoms with E-state index in [-0.39, 0.29) is 13.0 Å². The number of nitro groups is 1.